The van der Waals surface area contributed by atoms with Crippen LogP contribution in [-0.2, 0) is 9.53 Å². The van der Waals surface area contributed by atoms with Gasteiger partial charge in [-0.25, -0.2) is 4.79 Å². The quantitative estimate of drug-likeness (QED) is 0.463. The molecule has 0 radical (unpaired) electrons. The number of benzene rings is 1. The van der Waals surface area contributed by atoms with E-state index in [9.17, 15) is 14.4 Å². The summed E-state index contributed by atoms with van der Waals surface area (Å²) in [6.07, 6.45) is 3.25. The van der Waals surface area contributed by atoms with Crippen LogP contribution in [0.3, 0.4) is 0 Å². The number of rotatable bonds is 8. The molecule has 8 heteroatoms. The third-order valence-electron chi connectivity index (χ3n) is 4.48. The van der Waals surface area contributed by atoms with Crippen molar-refractivity contribution in [1.29, 1.82) is 0 Å². The Hall–Kier alpha value is -3.29. The van der Waals surface area contributed by atoms with E-state index in [1.165, 1.54) is 0 Å². The summed E-state index contributed by atoms with van der Waals surface area (Å²) in [5.74, 6) is 0.134. The Morgan fingerprint density at radius 1 is 1.09 bits per heavy atom. The molecule has 8 nitrogen and oxygen atoms in total. The van der Waals surface area contributed by atoms with E-state index < -0.39 is 11.7 Å². The number of aromatic nitrogens is 1. The third-order valence-corrected chi connectivity index (χ3v) is 4.48. The smallest absolute Gasteiger partial charge is 0.410 e. The lowest BCUT2D eigenvalue weighted by atomic mass is 10.2. The second-order valence-corrected chi connectivity index (χ2v) is 10.0. The van der Waals surface area contributed by atoms with Gasteiger partial charge in [-0.1, -0.05) is 51.1 Å². The number of fused-ring (bicyclic) bond motifs is 1. The highest BCUT2D eigenvalue weighted by molar-refractivity contribution is 5.99. The van der Waals surface area contributed by atoms with Crippen molar-refractivity contribution in [2.45, 2.75) is 67.0 Å². The van der Waals surface area contributed by atoms with Crippen molar-refractivity contribution in [3.63, 3.8) is 0 Å². The van der Waals surface area contributed by atoms with Gasteiger partial charge in [-0.3, -0.25) is 9.59 Å². The van der Waals surface area contributed by atoms with E-state index in [0.29, 0.717) is 12.2 Å². The Bertz CT molecular complexity index is 953. The van der Waals surface area contributed by atoms with Gasteiger partial charge in [-0.15, -0.1) is 0 Å². The summed E-state index contributed by atoms with van der Waals surface area (Å²) in [7, 11) is 0. The van der Waals surface area contributed by atoms with Crippen molar-refractivity contribution in [2.24, 2.45) is 5.92 Å². The maximum atomic E-state index is 12.5. The lowest BCUT2D eigenvalue weighted by Gasteiger charge is -2.31. The van der Waals surface area contributed by atoms with Crippen molar-refractivity contribution in [3.8, 4) is 0 Å². The van der Waals surface area contributed by atoms with Crippen molar-refractivity contribution >= 4 is 28.8 Å². The van der Waals surface area contributed by atoms with Crippen LogP contribution in [-0.4, -0.2) is 59.1 Å². The van der Waals surface area contributed by atoms with Crippen LogP contribution in [0.25, 0.3) is 10.9 Å². The van der Waals surface area contributed by atoms with Crippen LogP contribution in [0.4, 0.5) is 4.79 Å². The minimum Gasteiger partial charge on any atom is -0.444 e. The van der Waals surface area contributed by atoms with Crippen LogP contribution in [0, 0.1) is 5.92 Å². The summed E-state index contributed by atoms with van der Waals surface area (Å²) in [6.45, 7) is 16.1. The van der Waals surface area contributed by atoms with Crippen LogP contribution in [0.1, 0.15) is 65.9 Å². The van der Waals surface area contributed by atoms with Crippen LogP contribution >= 0.6 is 0 Å². The standard InChI is InChI=1S/C23H32N4O4.C4H10/c1-6-7-12-27(22(30)31-23(3,4)5)16(2)14-24-20(28)15-25-21(29)19-13-17-10-8-9-11-18(17)26-19;1-4(2)3/h6-11,13,16,26H,12,14-15H2,1-5H3,(H,24,28)(H,25,29);4H,1-3H3. The molecule has 2 aromatic rings. The number of H-pyrrole nitrogens is 1. The lowest BCUT2D eigenvalue weighted by Crippen LogP contribution is -2.48. The highest BCUT2D eigenvalue weighted by Crippen LogP contribution is 2.14. The molecule has 1 aromatic heterocycles. The molecule has 0 aliphatic carbocycles. The van der Waals surface area contributed by atoms with Gasteiger partial charge in [-0.2, -0.15) is 0 Å². The summed E-state index contributed by atoms with van der Waals surface area (Å²) < 4.78 is 5.46. The zero-order chi connectivity index (χ0) is 26.6. The summed E-state index contributed by atoms with van der Waals surface area (Å²) in [6, 6.07) is 9.00. The molecular formula is C27H42N4O4. The Morgan fingerprint density at radius 3 is 2.29 bits per heavy atom. The van der Waals surface area contributed by atoms with E-state index >= 15 is 0 Å². The number of carbonyl (C=O) groups is 3. The normalized spacial score (nSPS) is 12.1. The fourth-order valence-corrected chi connectivity index (χ4v) is 2.86. The van der Waals surface area contributed by atoms with Crippen LogP contribution < -0.4 is 10.6 Å². The van der Waals surface area contributed by atoms with Gasteiger partial charge in [0.15, 0.2) is 0 Å². The molecule has 0 aliphatic heterocycles. The fourth-order valence-electron chi connectivity index (χ4n) is 2.86. The molecule has 0 spiro atoms. The zero-order valence-electron chi connectivity index (χ0n) is 22.4. The average Bonchev–Trinajstić information content (AvgIpc) is 3.19. The van der Waals surface area contributed by atoms with Crippen LogP contribution in [0.2, 0.25) is 0 Å². The first-order chi connectivity index (χ1) is 16.3. The number of hydrogen-bond acceptors (Lipinski definition) is 4. The monoisotopic (exact) mass is 486 g/mol. The summed E-state index contributed by atoms with van der Waals surface area (Å²) in [5, 5.41) is 6.28. The third kappa shape index (κ3) is 11.6. The molecule has 0 saturated heterocycles. The molecule has 1 aromatic carbocycles. The van der Waals surface area contributed by atoms with Crippen molar-refractivity contribution in [3.05, 3.63) is 48.2 Å². The SMILES string of the molecule is CC(C)C.CC=CCN(C(=O)OC(C)(C)C)C(C)CNC(=O)CNC(=O)c1cc2ccccc2[nH]1. The average molecular weight is 487 g/mol. The lowest BCUT2D eigenvalue weighted by molar-refractivity contribution is -0.120. The molecule has 194 valence electrons. The molecule has 2 rings (SSSR count). The van der Waals surface area contributed by atoms with E-state index in [2.05, 4.69) is 36.4 Å². The second kappa shape index (κ2) is 14.2. The first kappa shape index (κ1) is 29.7. The highest BCUT2D eigenvalue weighted by atomic mass is 16.6. The van der Waals surface area contributed by atoms with E-state index in [4.69, 9.17) is 4.74 Å². The first-order valence-corrected chi connectivity index (χ1v) is 12.1. The molecule has 35 heavy (non-hydrogen) atoms. The van der Waals surface area contributed by atoms with Crippen molar-refractivity contribution in [2.75, 3.05) is 19.6 Å². The fraction of sp³-hybridized carbons (Fsp3) is 0.519. The van der Waals surface area contributed by atoms with Gasteiger partial charge in [0.1, 0.15) is 11.3 Å². The van der Waals surface area contributed by atoms with E-state index in [0.717, 1.165) is 16.8 Å². The minimum absolute atomic E-state index is 0.164. The number of allylic oxidation sites excluding steroid dienone is 1. The van der Waals surface area contributed by atoms with E-state index in [1.807, 2.05) is 50.3 Å². The molecule has 1 heterocycles. The van der Waals surface area contributed by atoms with Gasteiger partial charge in [0.05, 0.1) is 6.54 Å². The van der Waals surface area contributed by atoms with Gasteiger partial charge in [0.25, 0.3) is 5.91 Å². The molecule has 1 atom stereocenters. The van der Waals surface area contributed by atoms with Crippen molar-refractivity contribution < 1.29 is 19.1 Å². The summed E-state index contributed by atoms with van der Waals surface area (Å²) in [4.78, 5) is 41.6. The van der Waals surface area contributed by atoms with Crippen molar-refractivity contribution in [1.82, 2.24) is 20.5 Å². The predicted molar refractivity (Wildman–Crippen MR) is 141 cm³/mol. The minimum atomic E-state index is -0.610. The number of nitrogens with one attached hydrogen (secondary N) is 3. The number of nitrogens with zero attached hydrogens (tertiary/aromatic N) is 1. The number of aromatic amines is 1. The highest BCUT2D eigenvalue weighted by Gasteiger charge is 2.25. The maximum Gasteiger partial charge on any atom is 0.410 e. The molecular weight excluding hydrogens is 444 g/mol. The topological polar surface area (TPSA) is 104 Å². The molecule has 1 unspecified atom stereocenters. The molecule has 0 bridgehead atoms. The maximum absolute atomic E-state index is 12.5. The zero-order valence-corrected chi connectivity index (χ0v) is 22.4. The van der Waals surface area contributed by atoms with Gasteiger partial charge in [0.2, 0.25) is 5.91 Å². The largest absolute Gasteiger partial charge is 0.444 e. The van der Waals surface area contributed by atoms with E-state index in [1.54, 1.807) is 31.7 Å². The van der Waals surface area contributed by atoms with Crippen LogP contribution in [0.15, 0.2) is 42.5 Å². The van der Waals surface area contributed by atoms with Crippen LogP contribution in [0.5, 0.6) is 0 Å². The molecule has 0 aliphatic rings. The number of ether oxygens (including phenoxy) is 1. The molecule has 3 N–H and O–H groups in total. The summed E-state index contributed by atoms with van der Waals surface area (Å²) >= 11 is 0. The number of hydrogen-bond donors (Lipinski definition) is 3. The Morgan fingerprint density at radius 2 is 1.71 bits per heavy atom. The second-order valence-electron chi connectivity index (χ2n) is 10.0. The van der Waals surface area contributed by atoms with Gasteiger partial charge in [-0.05, 0) is 52.7 Å². The van der Waals surface area contributed by atoms with Gasteiger partial charge < -0.3 is 25.3 Å². The summed E-state index contributed by atoms with van der Waals surface area (Å²) in [5.41, 5.74) is 0.639. The molecule has 0 fully saturated rings. The molecule has 0 saturated carbocycles. The van der Waals surface area contributed by atoms with Gasteiger partial charge >= 0.3 is 6.09 Å². The molecule has 3 amide bonds. The number of para-hydroxylation sites is 1. The Balaban J connectivity index is 0.00000142. The predicted octanol–water partition coefficient (Wildman–Crippen LogP) is 4.88. The van der Waals surface area contributed by atoms with Gasteiger partial charge in [0, 0.05) is 30.0 Å². The van der Waals surface area contributed by atoms with E-state index in [-0.39, 0.29) is 30.9 Å². The Kier molecular flexibility index (Phi) is 12.1. The number of carbonyl (C=O) groups excluding carboxylic acids is 3. The first-order valence-electron chi connectivity index (χ1n) is 12.1. The Labute approximate surface area is 209 Å². The number of amides is 3.